The molecule has 1 amide bonds. The lowest BCUT2D eigenvalue weighted by Crippen LogP contribution is -2.45. The molecule has 5 heteroatoms. The van der Waals surface area contributed by atoms with Crippen molar-refractivity contribution in [1.82, 2.24) is 5.32 Å². The lowest BCUT2D eigenvalue weighted by molar-refractivity contribution is -0.124. The number of unbranched alkanes of at least 4 members (excludes halogenated alkanes) is 49. The highest BCUT2D eigenvalue weighted by Gasteiger charge is 2.20. The second-order valence-electron chi connectivity index (χ2n) is 23.1. The highest BCUT2D eigenvalue weighted by Crippen LogP contribution is 2.18. The summed E-state index contributed by atoms with van der Waals surface area (Å²) in [5.74, 6) is -0.319. The first-order valence-corrected chi connectivity index (χ1v) is 33.3. The lowest BCUT2D eigenvalue weighted by Gasteiger charge is -2.21. The van der Waals surface area contributed by atoms with Crippen LogP contribution in [0.3, 0.4) is 0 Å². The van der Waals surface area contributed by atoms with Gasteiger partial charge in [-0.1, -0.05) is 339 Å². The van der Waals surface area contributed by atoms with Gasteiger partial charge in [-0.25, -0.2) is 0 Å². The topological polar surface area (TPSA) is 89.8 Å². The highest BCUT2D eigenvalue weighted by atomic mass is 16.3. The molecule has 0 aromatic carbocycles. The number of hydrogen-bond acceptors (Lipinski definition) is 4. The summed E-state index contributed by atoms with van der Waals surface area (Å²) < 4.78 is 0. The summed E-state index contributed by atoms with van der Waals surface area (Å²) >= 11 is 0. The predicted molar refractivity (Wildman–Crippen MR) is 324 cm³/mol. The van der Waals surface area contributed by atoms with Crippen LogP contribution in [0.2, 0.25) is 0 Å². The van der Waals surface area contributed by atoms with Gasteiger partial charge in [0, 0.05) is 0 Å². The highest BCUT2D eigenvalue weighted by molar-refractivity contribution is 5.76. The van der Waals surface area contributed by atoms with Crippen molar-refractivity contribution >= 4 is 5.91 Å². The molecule has 0 heterocycles. The van der Waals surface area contributed by atoms with Crippen LogP contribution in [-0.4, -0.2) is 46.1 Å². The van der Waals surface area contributed by atoms with Crippen LogP contribution < -0.4 is 5.32 Å². The minimum absolute atomic E-state index is 0.00837. The summed E-state index contributed by atoms with van der Waals surface area (Å²) in [6.45, 7) is 4.25. The minimum atomic E-state index is -0.953. The second-order valence-corrected chi connectivity index (χ2v) is 23.1. The molecule has 0 bridgehead atoms. The van der Waals surface area contributed by atoms with E-state index < -0.39 is 18.2 Å². The molecule has 5 nitrogen and oxygen atoms in total. The second kappa shape index (κ2) is 63.1. The predicted octanol–water partition coefficient (Wildman–Crippen LogP) is 21.3. The zero-order chi connectivity index (χ0) is 52.9. The molecule has 0 radical (unpaired) electrons. The summed E-state index contributed by atoms with van der Waals surface area (Å²) in [5, 5.41) is 33.5. The van der Waals surface area contributed by atoms with Crippen LogP contribution in [0.5, 0.6) is 0 Å². The molecular formula is C68H131NO4. The Balaban J connectivity index is 3.51. The molecule has 0 aromatic heterocycles. The summed E-state index contributed by atoms with van der Waals surface area (Å²) in [6, 6.07) is -0.762. The Morgan fingerprint density at radius 1 is 0.342 bits per heavy atom. The van der Waals surface area contributed by atoms with Gasteiger partial charge >= 0.3 is 0 Å². The van der Waals surface area contributed by atoms with Gasteiger partial charge in [0.1, 0.15) is 0 Å². The molecule has 0 aliphatic heterocycles. The van der Waals surface area contributed by atoms with Gasteiger partial charge < -0.3 is 20.6 Å². The maximum atomic E-state index is 12.6. The quantitative estimate of drug-likeness (QED) is 0.0361. The van der Waals surface area contributed by atoms with Gasteiger partial charge in [0.15, 0.2) is 0 Å². The average Bonchev–Trinajstić information content (AvgIpc) is 3.39. The van der Waals surface area contributed by atoms with E-state index in [4.69, 9.17) is 0 Å². The first-order chi connectivity index (χ1) is 36.0. The van der Waals surface area contributed by atoms with Crippen molar-refractivity contribution in [1.29, 1.82) is 0 Å². The Labute approximate surface area is 457 Å². The van der Waals surface area contributed by atoms with Crippen LogP contribution in [0.25, 0.3) is 0 Å². The number of nitrogens with one attached hydrogen (secondary N) is 1. The Hall–Kier alpha value is -1.43. The maximum absolute atomic E-state index is 12.6. The third-order valence-corrected chi connectivity index (χ3v) is 15.6. The van der Waals surface area contributed by atoms with Crippen LogP contribution in [-0.2, 0) is 4.79 Å². The van der Waals surface area contributed by atoms with E-state index in [1.807, 2.05) is 6.08 Å². The number of amides is 1. The largest absolute Gasteiger partial charge is 0.394 e. The van der Waals surface area contributed by atoms with Gasteiger partial charge in [-0.15, -0.1) is 0 Å². The Bertz CT molecular complexity index is 1130. The first kappa shape index (κ1) is 71.6. The van der Waals surface area contributed by atoms with E-state index in [9.17, 15) is 20.1 Å². The van der Waals surface area contributed by atoms with E-state index in [0.29, 0.717) is 6.42 Å². The number of rotatable bonds is 62. The van der Waals surface area contributed by atoms with Crippen molar-refractivity contribution in [3.05, 3.63) is 36.5 Å². The van der Waals surface area contributed by atoms with E-state index in [-0.39, 0.29) is 18.9 Å². The fourth-order valence-electron chi connectivity index (χ4n) is 10.6. The van der Waals surface area contributed by atoms with Crippen LogP contribution in [0, 0.1) is 0 Å². The molecule has 0 saturated carbocycles. The molecule has 0 aliphatic carbocycles. The standard InChI is InChI=1S/C68H131NO4/c1-3-5-7-9-11-13-15-17-19-21-23-25-27-28-29-30-31-32-33-34-35-36-37-38-40-41-43-45-47-49-51-53-55-57-59-61-65(71)63-68(73)69-66(64-70)67(72)62-60-58-56-54-52-50-48-46-44-42-39-26-24-22-20-18-16-14-12-10-8-6-4-2/h32-33,52,54,60,62,65-67,70-72H,3-31,34-51,53,55-59,61,63-64H2,1-2H3,(H,69,73)/b33-32-,54-52+,62-60+. The molecular weight excluding hydrogens is 895 g/mol. The van der Waals surface area contributed by atoms with E-state index in [1.165, 1.54) is 308 Å². The zero-order valence-electron chi connectivity index (χ0n) is 49.5. The van der Waals surface area contributed by atoms with Gasteiger partial charge in [0.2, 0.25) is 5.91 Å². The van der Waals surface area contributed by atoms with Crippen LogP contribution in [0.4, 0.5) is 0 Å². The van der Waals surface area contributed by atoms with Crippen LogP contribution in [0.15, 0.2) is 36.5 Å². The molecule has 73 heavy (non-hydrogen) atoms. The number of aliphatic hydroxyl groups is 3. The smallest absolute Gasteiger partial charge is 0.222 e. The molecule has 3 atom stereocenters. The lowest BCUT2D eigenvalue weighted by atomic mass is 10.0. The minimum Gasteiger partial charge on any atom is -0.394 e. The number of carbonyl (C=O) groups is 1. The van der Waals surface area contributed by atoms with Crippen molar-refractivity contribution < 1.29 is 20.1 Å². The molecule has 3 unspecified atom stereocenters. The third kappa shape index (κ3) is 59.7. The molecule has 432 valence electrons. The van der Waals surface area contributed by atoms with Crippen molar-refractivity contribution in [2.24, 2.45) is 0 Å². The summed E-state index contributed by atoms with van der Waals surface area (Å²) in [6.07, 6.45) is 83.9. The summed E-state index contributed by atoms with van der Waals surface area (Å²) in [7, 11) is 0. The third-order valence-electron chi connectivity index (χ3n) is 15.6. The first-order valence-electron chi connectivity index (χ1n) is 33.3. The number of carbonyl (C=O) groups excluding carboxylic acids is 1. The molecule has 0 spiro atoms. The van der Waals surface area contributed by atoms with Gasteiger partial charge in [-0.3, -0.25) is 4.79 Å². The van der Waals surface area contributed by atoms with Crippen molar-refractivity contribution in [2.75, 3.05) is 6.61 Å². The van der Waals surface area contributed by atoms with Crippen LogP contribution >= 0.6 is 0 Å². The van der Waals surface area contributed by atoms with Gasteiger partial charge in [-0.05, 0) is 57.8 Å². The fraction of sp³-hybridized carbons (Fsp3) is 0.897. The summed E-state index contributed by atoms with van der Waals surface area (Å²) in [5.41, 5.74) is 0. The van der Waals surface area contributed by atoms with Gasteiger partial charge in [-0.2, -0.15) is 0 Å². The normalized spacial score (nSPS) is 13.3. The van der Waals surface area contributed by atoms with E-state index in [0.717, 1.165) is 32.1 Å². The van der Waals surface area contributed by atoms with Crippen molar-refractivity contribution in [2.45, 2.75) is 385 Å². The molecule has 0 aromatic rings. The summed E-state index contributed by atoms with van der Waals surface area (Å²) in [4.78, 5) is 12.6. The number of aliphatic hydroxyl groups excluding tert-OH is 3. The maximum Gasteiger partial charge on any atom is 0.222 e. The van der Waals surface area contributed by atoms with Crippen molar-refractivity contribution in [3.63, 3.8) is 0 Å². The van der Waals surface area contributed by atoms with Gasteiger partial charge in [0.25, 0.3) is 0 Å². The zero-order valence-corrected chi connectivity index (χ0v) is 49.5. The fourth-order valence-corrected chi connectivity index (χ4v) is 10.6. The number of allylic oxidation sites excluding steroid dienone is 5. The number of hydrogen-bond donors (Lipinski definition) is 4. The molecule has 0 saturated heterocycles. The molecule has 0 aliphatic rings. The molecule has 4 N–H and O–H groups in total. The van der Waals surface area contributed by atoms with E-state index in [2.05, 4.69) is 43.5 Å². The molecule has 0 rings (SSSR count). The average molecular weight is 1030 g/mol. The molecule has 0 fully saturated rings. The van der Waals surface area contributed by atoms with Gasteiger partial charge in [0.05, 0.1) is 31.3 Å². The Morgan fingerprint density at radius 3 is 0.877 bits per heavy atom. The van der Waals surface area contributed by atoms with Crippen LogP contribution in [0.1, 0.15) is 367 Å². The van der Waals surface area contributed by atoms with E-state index >= 15 is 0 Å². The Kier molecular flexibility index (Phi) is 61.9. The SMILES string of the molecule is CCCCCCCCCCCCCCCCCC/C=C\CCCCCCCCCCCCCCCCCC(O)CC(=O)NC(CO)C(O)/C=C/CC/C=C/CCCCCCCCCCCCCCCCCCC. The van der Waals surface area contributed by atoms with Crippen molar-refractivity contribution in [3.8, 4) is 0 Å². The Morgan fingerprint density at radius 2 is 0.589 bits per heavy atom. The monoisotopic (exact) mass is 1030 g/mol. The van der Waals surface area contributed by atoms with E-state index in [1.54, 1.807) is 6.08 Å².